The summed E-state index contributed by atoms with van der Waals surface area (Å²) < 4.78 is 13.4. The van der Waals surface area contributed by atoms with Gasteiger partial charge in [0.25, 0.3) is 0 Å². The number of carbonyl (C=O) groups excluding carboxylic acids is 1. The van der Waals surface area contributed by atoms with Crippen LogP contribution in [0.1, 0.15) is 28.8 Å². The van der Waals surface area contributed by atoms with E-state index in [0.29, 0.717) is 24.5 Å². The number of rotatable bonds is 8. The highest BCUT2D eigenvalue weighted by Crippen LogP contribution is 2.32. The van der Waals surface area contributed by atoms with Crippen molar-refractivity contribution in [2.45, 2.75) is 33.6 Å². The van der Waals surface area contributed by atoms with Gasteiger partial charge in [-0.05, 0) is 81.3 Å². The summed E-state index contributed by atoms with van der Waals surface area (Å²) in [7, 11) is 1.64. The van der Waals surface area contributed by atoms with Crippen LogP contribution in [0.3, 0.4) is 0 Å². The predicted octanol–water partition coefficient (Wildman–Crippen LogP) is 6.17. The van der Waals surface area contributed by atoms with Crippen LogP contribution in [0.15, 0.2) is 72.8 Å². The van der Waals surface area contributed by atoms with Crippen LogP contribution in [0.5, 0.6) is 17.4 Å². The molecule has 1 aromatic heterocycles. The number of methoxy groups -OCH3 is 1. The van der Waals surface area contributed by atoms with Crippen molar-refractivity contribution in [1.82, 2.24) is 9.78 Å². The summed E-state index contributed by atoms with van der Waals surface area (Å²) in [6.45, 7) is 5.98. The number of carbonyl (C=O) groups is 1. The number of nitrogens with one attached hydrogen (secondary N) is 1. The molecule has 0 atom stereocenters. The van der Waals surface area contributed by atoms with Crippen molar-refractivity contribution in [3.05, 3.63) is 95.2 Å². The minimum atomic E-state index is -0.0523. The summed E-state index contributed by atoms with van der Waals surface area (Å²) in [6.07, 6.45) is 0.814. The van der Waals surface area contributed by atoms with Gasteiger partial charge in [-0.25, -0.2) is 4.68 Å². The molecule has 3 aromatic carbocycles. The quantitative estimate of drug-likeness (QED) is 0.345. The fourth-order valence-corrected chi connectivity index (χ4v) is 3.73. The highest BCUT2D eigenvalue weighted by molar-refractivity contribution is 5.90. The van der Waals surface area contributed by atoms with Crippen LogP contribution in [0.4, 0.5) is 5.69 Å². The number of ether oxygens (including phenoxy) is 2. The molecule has 0 bridgehead atoms. The molecule has 6 heteroatoms. The Balaban J connectivity index is 1.61. The van der Waals surface area contributed by atoms with Gasteiger partial charge >= 0.3 is 0 Å². The second kappa shape index (κ2) is 10.3. The summed E-state index contributed by atoms with van der Waals surface area (Å²) in [5.41, 5.74) is 5.62. The third kappa shape index (κ3) is 5.46. The molecule has 0 radical (unpaired) electrons. The number of amides is 1. The lowest BCUT2D eigenvalue weighted by molar-refractivity contribution is -0.116. The first kappa shape index (κ1) is 23.1. The Morgan fingerprint density at radius 3 is 2.29 bits per heavy atom. The first-order chi connectivity index (χ1) is 16.4. The average molecular weight is 456 g/mol. The van der Waals surface area contributed by atoms with Crippen molar-refractivity contribution < 1.29 is 14.3 Å². The Morgan fingerprint density at radius 1 is 0.912 bits per heavy atom. The number of hydrogen-bond donors (Lipinski definition) is 1. The summed E-state index contributed by atoms with van der Waals surface area (Å²) in [5.74, 6) is 2.03. The van der Waals surface area contributed by atoms with Crippen molar-refractivity contribution in [2.24, 2.45) is 0 Å². The van der Waals surface area contributed by atoms with Crippen molar-refractivity contribution >= 4 is 11.6 Å². The molecular weight excluding hydrogens is 426 g/mol. The Kier molecular flexibility index (Phi) is 6.97. The number of aryl methyl sites for hydroxylation is 3. The molecule has 1 amide bonds. The maximum Gasteiger partial charge on any atom is 0.226 e. The second-order valence-electron chi connectivity index (χ2n) is 8.31. The summed E-state index contributed by atoms with van der Waals surface area (Å²) in [6, 6.07) is 23.3. The minimum absolute atomic E-state index is 0.0523. The van der Waals surface area contributed by atoms with Crippen LogP contribution in [-0.2, 0) is 11.2 Å². The van der Waals surface area contributed by atoms with E-state index in [-0.39, 0.29) is 5.91 Å². The number of nitrogens with zero attached hydrogens (tertiary/aromatic N) is 2. The Morgan fingerprint density at radius 2 is 1.62 bits per heavy atom. The third-order valence-corrected chi connectivity index (χ3v) is 5.59. The number of benzene rings is 3. The molecular formula is C28H29N3O3. The van der Waals surface area contributed by atoms with E-state index in [1.807, 2.05) is 93.6 Å². The lowest BCUT2D eigenvalue weighted by Crippen LogP contribution is -2.12. The monoisotopic (exact) mass is 455 g/mol. The lowest BCUT2D eigenvalue weighted by atomic mass is 10.1. The van der Waals surface area contributed by atoms with Gasteiger partial charge in [-0.15, -0.1) is 0 Å². The van der Waals surface area contributed by atoms with Crippen LogP contribution < -0.4 is 14.8 Å². The predicted molar refractivity (Wildman–Crippen MR) is 134 cm³/mol. The topological polar surface area (TPSA) is 65.4 Å². The zero-order chi connectivity index (χ0) is 24.1. The van der Waals surface area contributed by atoms with Gasteiger partial charge in [-0.3, -0.25) is 4.79 Å². The minimum Gasteiger partial charge on any atom is -0.497 e. The number of anilines is 1. The molecule has 1 N–H and O–H groups in total. The molecule has 0 aliphatic heterocycles. The van der Waals surface area contributed by atoms with E-state index in [9.17, 15) is 4.79 Å². The van der Waals surface area contributed by atoms with Gasteiger partial charge in [-0.2, -0.15) is 5.10 Å². The summed E-state index contributed by atoms with van der Waals surface area (Å²) in [5, 5.41) is 7.72. The standard InChI is InChI=1S/C28H29N3O3/c1-19-8-12-25(13-9-19)34-28-26(16-17-27(32)29-22-7-5-6-20(2)18-22)21(3)30-31(28)23-10-14-24(33-4)15-11-23/h5-15,18H,16-17H2,1-4H3,(H,29,32). The van der Waals surface area contributed by atoms with Crippen LogP contribution in [0.2, 0.25) is 0 Å². The molecule has 6 nitrogen and oxygen atoms in total. The van der Waals surface area contributed by atoms with E-state index in [1.54, 1.807) is 11.8 Å². The van der Waals surface area contributed by atoms with Crippen LogP contribution in [-0.4, -0.2) is 22.8 Å². The molecule has 34 heavy (non-hydrogen) atoms. The lowest BCUT2D eigenvalue weighted by Gasteiger charge is -2.12. The first-order valence-corrected chi connectivity index (χ1v) is 11.3. The fraction of sp³-hybridized carbons (Fsp3) is 0.214. The molecule has 1 heterocycles. The van der Waals surface area contributed by atoms with E-state index in [0.717, 1.165) is 39.5 Å². The number of aromatic nitrogens is 2. The zero-order valence-corrected chi connectivity index (χ0v) is 20.0. The first-order valence-electron chi connectivity index (χ1n) is 11.3. The molecule has 4 aromatic rings. The fourth-order valence-electron chi connectivity index (χ4n) is 3.73. The highest BCUT2D eigenvalue weighted by Gasteiger charge is 2.20. The average Bonchev–Trinajstić information content (AvgIpc) is 3.14. The van der Waals surface area contributed by atoms with Crippen LogP contribution >= 0.6 is 0 Å². The van der Waals surface area contributed by atoms with Crippen molar-refractivity contribution in [3.63, 3.8) is 0 Å². The van der Waals surface area contributed by atoms with Crippen molar-refractivity contribution in [3.8, 4) is 23.1 Å². The highest BCUT2D eigenvalue weighted by atomic mass is 16.5. The van der Waals surface area contributed by atoms with E-state index >= 15 is 0 Å². The molecule has 174 valence electrons. The van der Waals surface area contributed by atoms with Crippen LogP contribution in [0.25, 0.3) is 5.69 Å². The van der Waals surface area contributed by atoms with Crippen molar-refractivity contribution in [1.29, 1.82) is 0 Å². The summed E-state index contributed by atoms with van der Waals surface area (Å²) >= 11 is 0. The van der Waals surface area contributed by atoms with E-state index in [2.05, 4.69) is 5.32 Å². The molecule has 4 rings (SSSR count). The normalized spacial score (nSPS) is 10.7. The molecule has 0 fully saturated rings. The maximum atomic E-state index is 12.7. The molecule has 0 aliphatic carbocycles. The van der Waals surface area contributed by atoms with Gasteiger partial charge < -0.3 is 14.8 Å². The van der Waals surface area contributed by atoms with Gasteiger partial charge in [-0.1, -0.05) is 29.8 Å². The Bertz CT molecular complexity index is 1280. The van der Waals surface area contributed by atoms with Gasteiger partial charge in [0, 0.05) is 17.7 Å². The zero-order valence-electron chi connectivity index (χ0n) is 20.0. The van der Waals surface area contributed by atoms with Gasteiger partial charge in [0.05, 0.1) is 18.5 Å². The molecule has 0 unspecified atom stereocenters. The van der Waals surface area contributed by atoms with Gasteiger partial charge in [0.15, 0.2) is 0 Å². The summed E-state index contributed by atoms with van der Waals surface area (Å²) in [4.78, 5) is 12.7. The molecule has 0 saturated heterocycles. The van der Waals surface area contributed by atoms with E-state index in [1.165, 1.54) is 0 Å². The molecule has 0 spiro atoms. The van der Waals surface area contributed by atoms with E-state index < -0.39 is 0 Å². The SMILES string of the molecule is COc1ccc(-n2nc(C)c(CCC(=O)Nc3cccc(C)c3)c2Oc2ccc(C)cc2)cc1. The van der Waals surface area contributed by atoms with E-state index in [4.69, 9.17) is 14.6 Å². The molecule has 0 saturated carbocycles. The van der Waals surface area contributed by atoms with Crippen LogP contribution in [0, 0.1) is 20.8 Å². The maximum absolute atomic E-state index is 12.7. The largest absolute Gasteiger partial charge is 0.497 e. The third-order valence-electron chi connectivity index (χ3n) is 5.59. The Labute approximate surface area is 200 Å². The Hall–Kier alpha value is -4.06. The van der Waals surface area contributed by atoms with Gasteiger partial charge in [0.1, 0.15) is 11.5 Å². The van der Waals surface area contributed by atoms with Gasteiger partial charge in [0.2, 0.25) is 11.8 Å². The second-order valence-corrected chi connectivity index (χ2v) is 8.31. The molecule has 0 aliphatic rings. The van der Waals surface area contributed by atoms with Crippen molar-refractivity contribution in [2.75, 3.05) is 12.4 Å². The number of hydrogen-bond acceptors (Lipinski definition) is 4. The smallest absolute Gasteiger partial charge is 0.226 e.